The molecule has 1 aromatic carbocycles. The largest absolute Gasteiger partial charge is 0.196 e. The average molecular weight is 290 g/mol. The smallest absolute Gasteiger partial charge is 0.165 e. The molecule has 0 atom stereocenters. The monoisotopic (exact) mass is 290 g/mol. The van der Waals surface area contributed by atoms with Gasteiger partial charge in [-0.3, -0.25) is 0 Å². The van der Waals surface area contributed by atoms with Gasteiger partial charge in [0.2, 0.25) is 0 Å². The summed E-state index contributed by atoms with van der Waals surface area (Å²) >= 11 is 0. The predicted octanol–water partition coefficient (Wildman–Crippen LogP) is 5.19. The van der Waals surface area contributed by atoms with E-state index >= 15 is 0 Å². The van der Waals surface area contributed by atoms with Gasteiger partial charge in [0.15, 0.2) is 5.41 Å². The van der Waals surface area contributed by atoms with E-state index in [2.05, 4.69) is 43.3 Å². The summed E-state index contributed by atoms with van der Waals surface area (Å²) in [7, 11) is 0. The van der Waals surface area contributed by atoms with Gasteiger partial charge in [0.25, 0.3) is 0 Å². The molecule has 2 rings (SSSR count). The SMILES string of the molecule is CCCCCCc1ccc(C2=CCC(C#N)(C#N)C=C2)cc1. The second-order valence-corrected chi connectivity index (χ2v) is 5.90. The van der Waals surface area contributed by atoms with Crippen molar-refractivity contribution in [1.29, 1.82) is 10.5 Å². The molecule has 112 valence electrons. The van der Waals surface area contributed by atoms with Gasteiger partial charge >= 0.3 is 0 Å². The molecule has 0 spiro atoms. The van der Waals surface area contributed by atoms with Crippen LogP contribution in [0.1, 0.15) is 50.2 Å². The number of unbranched alkanes of at least 4 members (excludes halogenated alkanes) is 3. The highest BCUT2D eigenvalue weighted by molar-refractivity contribution is 5.76. The topological polar surface area (TPSA) is 47.6 Å². The molecule has 0 unspecified atom stereocenters. The molecule has 2 heteroatoms. The number of allylic oxidation sites excluding steroid dienone is 4. The lowest BCUT2D eigenvalue weighted by molar-refractivity contribution is 0.667. The highest BCUT2D eigenvalue weighted by atomic mass is 14.4. The second kappa shape index (κ2) is 7.62. The fourth-order valence-electron chi connectivity index (χ4n) is 2.66. The van der Waals surface area contributed by atoms with Gasteiger partial charge in [0.1, 0.15) is 0 Å². The Balaban J connectivity index is 1.98. The van der Waals surface area contributed by atoms with Crippen molar-refractivity contribution >= 4 is 5.57 Å². The van der Waals surface area contributed by atoms with Gasteiger partial charge in [0.05, 0.1) is 12.1 Å². The molecule has 1 aromatic rings. The fraction of sp³-hybridized carbons (Fsp3) is 0.400. The molecule has 0 aromatic heterocycles. The van der Waals surface area contributed by atoms with Crippen LogP contribution >= 0.6 is 0 Å². The molecule has 2 nitrogen and oxygen atoms in total. The Bertz CT molecular complexity index is 622. The first-order chi connectivity index (χ1) is 10.7. The Kier molecular flexibility index (Phi) is 5.56. The molecule has 1 aliphatic rings. The van der Waals surface area contributed by atoms with Gasteiger partial charge in [-0.25, -0.2) is 0 Å². The van der Waals surface area contributed by atoms with Crippen molar-refractivity contribution < 1.29 is 0 Å². The summed E-state index contributed by atoms with van der Waals surface area (Å²) in [4.78, 5) is 0. The minimum absolute atomic E-state index is 0.463. The van der Waals surface area contributed by atoms with E-state index in [0.29, 0.717) is 6.42 Å². The Morgan fingerprint density at radius 2 is 1.77 bits per heavy atom. The van der Waals surface area contributed by atoms with Crippen LogP contribution in [-0.4, -0.2) is 0 Å². The Morgan fingerprint density at radius 3 is 2.32 bits per heavy atom. The number of nitrogens with zero attached hydrogens (tertiary/aromatic N) is 2. The van der Waals surface area contributed by atoms with Crippen LogP contribution in [0.4, 0.5) is 0 Å². The van der Waals surface area contributed by atoms with Crippen molar-refractivity contribution in [2.45, 2.75) is 45.4 Å². The van der Waals surface area contributed by atoms with Crippen molar-refractivity contribution in [2.24, 2.45) is 5.41 Å². The summed E-state index contributed by atoms with van der Waals surface area (Å²) < 4.78 is 0. The molecule has 0 saturated carbocycles. The Morgan fingerprint density at radius 1 is 1.05 bits per heavy atom. The first-order valence-electron chi connectivity index (χ1n) is 8.04. The summed E-state index contributed by atoms with van der Waals surface area (Å²) in [5.74, 6) is 0. The van der Waals surface area contributed by atoms with Gasteiger partial charge in [-0.1, -0.05) is 62.6 Å². The molecule has 0 bridgehead atoms. The number of rotatable bonds is 6. The van der Waals surface area contributed by atoms with Crippen molar-refractivity contribution in [3.8, 4) is 12.1 Å². The zero-order valence-corrected chi connectivity index (χ0v) is 13.2. The molecule has 0 saturated heterocycles. The van der Waals surface area contributed by atoms with Gasteiger partial charge in [-0.15, -0.1) is 0 Å². The lowest BCUT2D eigenvalue weighted by Crippen LogP contribution is -2.13. The minimum atomic E-state index is -0.983. The normalized spacial score (nSPS) is 15.7. The van der Waals surface area contributed by atoms with Crippen LogP contribution in [0.2, 0.25) is 0 Å². The average Bonchev–Trinajstić information content (AvgIpc) is 2.59. The van der Waals surface area contributed by atoms with E-state index in [1.807, 2.05) is 12.2 Å². The van der Waals surface area contributed by atoms with Crippen molar-refractivity contribution in [3.05, 3.63) is 53.6 Å². The standard InChI is InChI=1S/C20H22N2/c1-2-3-4-5-6-17-7-9-18(10-8-17)19-11-13-20(15-21,16-22)14-12-19/h7-13H,2-6,14H2,1H3. The highest BCUT2D eigenvalue weighted by Gasteiger charge is 2.27. The fourth-order valence-corrected chi connectivity index (χ4v) is 2.66. The Labute approximate surface area is 133 Å². The second-order valence-electron chi connectivity index (χ2n) is 5.90. The number of nitriles is 2. The maximum absolute atomic E-state index is 9.10. The summed E-state index contributed by atoms with van der Waals surface area (Å²) in [5.41, 5.74) is 2.64. The highest BCUT2D eigenvalue weighted by Crippen LogP contribution is 2.32. The zero-order valence-electron chi connectivity index (χ0n) is 13.2. The van der Waals surface area contributed by atoms with E-state index in [9.17, 15) is 0 Å². The van der Waals surface area contributed by atoms with Crippen LogP contribution in [0.5, 0.6) is 0 Å². The van der Waals surface area contributed by atoms with E-state index in [-0.39, 0.29) is 0 Å². The molecular formula is C20H22N2. The number of aryl methyl sites for hydroxylation is 1. The molecule has 22 heavy (non-hydrogen) atoms. The maximum atomic E-state index is 9.10. The van der Waals surface area contributed by atoms with Crippen LogP contribution in [0.25, 0.3) is 5.57 Å². The Hall–Kier alpha value is -2.32. The molecular weight excluding hydrogens is 268 g/mol. The molecule has 0 radical (unpaired) electrons. The van der Waals surface area contributed by atoms with Crippen LogP contribution in [0.15, 0.2) is 42.5 Å². The van der Waals surface area contributed by atoms with Gasteiger partial charge < -0.3 is 0 Å². The molecule has 0 aliphatic heterocycles. The first-order valence-corrected chi connectivity index (χ1v) is 8.04. The van der Waals surface area contributed by atoms with Gasteiger partial charge in [-0.2, -0.15) is 10.5 Å². The van der Waals surface area contributed by atoms with Crippen LogP contribution in [0, 0.1) is 28.1 Å². The van der Waals surface area contributed by atoms with E-state index in [0.717, 1.165) is 17.6 Å². The van der Waals surface area contributed by atoms with Crippen LogP contribution in [0.3, 0.4) is 0 Å². The third-order valence-corrected chi connectivity index (χ3v) is 4.20. The third kappa shape index (κ3) is 3.86. The molecule has 0 heterocycles. The van der Waals surface area contributed by atoms with E-state index in [4.69, 9.17) is 10.5 Å². The molecule has 0 N–H and O–H groups in total. The van der Waals surface area contributed by atoms with Crippen molar-refractivity contribution in [2.75, 3.05) is 0 Å². The lowest BCUT2D eigenvalue weighted by Gasteiger charge is -2.17. The van der Waals surface area contributed by atoms with Crippen LogP contribution in [-0.2, 0) is 6.42 Å². The lowest BCUT2D eigenvalue weighted by atomic mass is 9.81. The predicted molar refractivity (Wildman–Crippen MR) is 89.7 cm³/mol. The number of hydrogen-bond donors (Lipinski definition) is 0. The first kappa shape index (κ1) is 16.1. The molecule has 0 fully saturated rings. The van der Waals surface area contributed by atoms with Crippen LogP contribution < -0.4 is 0 Å². The van der Waals surface area contributed by atoms with E-state index in [1.165, 1.54) is 31.2 Å². The van der Waals surface area contributed by atoms with Crippen molar-refractivity contribution in [3.63, 3.8) is 0 Å². The third-order valence-electron chi connectivity index (χ3n) is 4.20. The van der Waals surface area contributed by atoms with Gasteiger partial charge in [0, 0.05) is 6.42 Å². The minimum Gasteiger partial charge on any atom is -0.196 e. The number of hydrogen-bond acceptors (Lipinski definition) is 2. The quantitative estimate of drug-likeness (QED) is 0.677. The molecule has 0 amide bonds. The summed E-state index contributed by atoms with van der Waals surface area (Å²) in [6.07, 6.45) is 12.3. The van der Waals surface area contributed by atoms with E-state index in [1.54, 1.807) is 6.08 Å². The zero-order chi connectivity index (χ0) is 15.8. The van der Waals surface area contributed by atoms with Crippen molar-refractivity contribution in [1.82, 2.24) is 0 Å². The van der Waals surface area contributed by atoms with Gasteiger partial charge in [-0.05, 0) is 35.6 Å². The summed E-state index contributed by atoms with van der Waals surface area (Å²) in [6, 6.07) is 12.8. The maximum Gasteiger partial charge on any atom is 0.165 e. The molecule has 1 aliphatic carbocycles. The number of benzene rings is 1. The summed E-state index contributed by atoms with van der Waals surface area (Å²) in [5, 5.41) is 18.2. The van der Waals surface area contributed by atoms with E-state index < -0.39 is 5.41 Å². The summed E-state index contributed by atoms with van der Waals surface area (Å²) in [6.45, 7) is 2.23.